The normalized spacial score (nSPS) is 15.0. The molecule has 2 heterocycles. The fourth-order valence-corrected chi connectivity index (χ4v) is 2.71. The van der Waals surface area contributed by atoms with Crippen molar-refractivity contribution in [2.24, 2.45) is 0 Å². The van der Waals surface area contributed by atoms with E-state index in [1.165, 1.54) is 17.3 Å². The maximum Gasteiger partial charge on any atom is 0.244 e. The third-order valence-electron chi connectivity index (χ3n) is 4.06. The van der Waals surface area contributed by atoms with E-state index in [4.69, 9.17) is 4.42 Å². The van der Waals surface area contributed by atoms with E-state index in [0.29, 0.717) is 0 Å². The lowest BCUT2D eigenvalue weighted by Crippen LogP contribution is -2.26. The Morgan fingerprint density at radius 2 is 2.35 bits per heavy atom. The van der Waals surface area contributed by atoms with Crippen LogP contribution in [0.25, 0.3) is 6.08 Å². The molecule has 1 aliphatic heterocycles. The van der Waals surface area contributed by atoms with Gasteiger partial charge in [0.1, 0.15) is 0 Å². The smallest absolute Gasteiger partial charge is 0.244 e. The summed E-state index contributed by atoms with van der Waals surface area (Å²) >= 11 is 0. The van der Waals surface area contributed by atoms with Crippen molar-refractivity contribution in [1.29, 1.82) is 0 Å². The maximum atomic E-state index is 11.8. The summed E-state index contributed by atoms with van der Waals surface area (Å²) in [5.74, 6) is -0.244. The number of aliphatic hydroxyl groups is 1. The average molecular weight is 312 g/mol. The number of furan rings is 1. The van der Waals surface area contributed by atoms with Crippen LogP contribution in [0.4, 0.5) is 5.69 Å². The molecule has 0 saturated carbocycles. The molecule has 120 valence electrons. The van der Waals surface area contributed by atoms with Gasteiger partial charge in [0, 0.05) is 37.5 Å². The van der Waals surface area contributed by atoms with Crippen molar-refractivity contribution in [2.75, 3.05) is 25.0 Å². The number of fused-ring (bicyclic) bond motifs is 1. The van der Waals surface area contributed by atoms with Crippen LogP contribution in [0.1, 0.15) is 22.8 Å². The molecule has 1 unspecified atom stereocenters. The van der Waals surface area contributed by atoms with Crippen molar-refractivity contribution in [3.05, 3.63) is 59.6 Å². The number of rotatable bonds is 5. The van der Waals surface area contributed by atoms with Crippen molar-refractivity contribution in [2.45, 2.75) is 12.5 Å². The molecule has 0 aliphatic carbocycles. The molecule has 1 atom stereocenters. The number of nitrogens with one attached hydrogen (secondary N) is 1. The molecule has 2 N–H and O–H groups in total. The predicted octanol–water partition coefficient (Wildman–Crippen LogP) is 2.13. The van der Waals surface area contributed by atoms with Crippen LogP contribution < -0.4 is 10.2 Å². The molecule has 1 aromatic heterocycles. The lowest BCUT2D eigenvalue weighted by Gasteiger charge is -2.15. The highest BCUT2D eigenvalue weighted by molar-refractivity contribution is 5.91. The monoisotopic (exact) mass is 312 g/mol. The molecule has 0 radical (unpaired) electrons. The van der Waals surface area contributed by atoms with Gasteiger partial charge in [0.15, 0.2) is 0 Å². The van der Waals surface area contributed by atoms with E-state index in [2.05, 4.69) is 17.3 Å². The first kappa shape index (κ1) is 15.4. The Bertz CT molecular complexity index is 707. The molecule has 5 nitrogen and oxygen atoms in total. The Balaban J connectivity index is 1.55. The number of benzene rings is 1. The Morgan fingerprint density at radius 1 is 1.48 bits per heavy atom. The summed E-state index contributed by atoms with van der Waals surface area (Å²) in [5, 5.41) is 13.0. The van der Waals surface area contributed by atoms with Crippen LogP contribution in [0, 0.1) is 0 Å². The second-order valence-corrected chi connectivity index (χ2v) is 5.71. The van der Waals surface area contributed by atoms with Gasteiger partial charge < -0.3 is 19.7 Å². The Hall–Kier alpha value is -2.53. The molecule has 3 rings (SSSR count). The SMILES string of the molecule is CN1CCc2cc(C(O)CNC(=O)/C=C/c3ccoc3)ccc21. The molecular formula is C18H20N2O3. The van der Waals surface area contributed by atoms with Gasteiger partial charge in [-0.3, -0.25) is 4.79 Å². The summed E-state index contributed by atoms with van der Waals surface area (Å²) in [6.07, 6.45) is 6.47. The van der Waals surface area contributed by atoms with Gasteiger partial charge in [-0.05, 0) is 35.8 Å². The van der Waals surface area contributed by atoms with E-state index in [9.17, 15) is 9.90 Å². The van der Waals surface area contributed by atoms with Crippen LogP contribution in [0.3, 0.4) is 0 Å². The molecule has 0 fully saturated rings. The van der Waals surface area contributed by atoms with E-state index in [0.717, 1.165) is 24.1 Å². The summed E-state index contributed by atoms with van der Waals surface area (Å²) < 4.78 is 4.92. The minimum atomic E-state index is -0.711. The quantitative estimate of drug-likeness (QED) is 0.830. The molecule has 23 heavy (non-hydrogen) atoms. The van der Waals surface area contributed by atoms with Gasteiger partial charge in [0.05, 0.1) is 18.6 Å². The van der Waals surface area contributed by atoms with E-state index in [1.54, 1.807) is 24.7 Å². The first-order valence-electron chi connectivity index (χ1n) is 7.63. The standard InChI is InChI=1S/C18H20N2O3/c1-20-8-6-14-10-15(3-4-16(14)20)17(21)11-19-18(22)5-2-13-7-9-23-12-13/h2-5,7,9-10,12,17,21H,6,8,11H2,1H3,(H,19,22)/b5-2+. The zero-order valence-electron chi connectivity index (χ0n) is 13.0. The number of carbonyl (C=O) groups is 1. The fraction of sp³-hybridized carbons (Fsp3) is 0.278. The summed E-state index contributed by atoms with van der Waals surface area (Å²) in [7, 11) is 2.06. The minimum Gasteiger partial charge on any atom is -0.472 e. The summed E-state index contributed by atoms with van der Waals surface area (Å²) in [5.41, 5.74) is 4.12. The topological polar surface area (TPSA) is 65.7 Å². The molecule has 5 heteroatoms. The first-order valence-corrected chi connectivity index (χ1v) is 7.63. The number of hydrogen-bond donors (Lipinski definition) is 2. The van der Waals surface area contributed by atoms with Crippen molar-refractivity contribution in [3.8, 4) is 0 Å². The van der Waals surface area contributed by atoms with Gasteiger partial charge in [-0.1, -0.05) is 12.1 Å². The van der Waals surface area contributed by atoms with Gasteiger partial charge in [-0.2, -0.15) is 0 Å². The lowest BCUT2D eigenvalue weighted by atomic mass is 10.0. The van der Waals surface area contributed by atoms with Gasteiger partial charge in [-0.25, -0.2) is 0 Å². The number of anilines is 1. The van der Waals surface area contributed by atoms with Gasteiger partial charge in [0.25, 0.3) is 0 Å². The van der Waals surface area contributed by atoms with Crippen LogP contribution in [0.15, 0.2) is 47.3 Å². The zero-order chi connectivity index (χ0) is 16.2. The van der Waals surface area contributed by atoms with Crippen molar-refractivity contribution in [3.63, 3.8) is 0 Å². The van der Waals surface area contributed by atoms with Crippen molar-refractivity contribution >= 4 is 17.7 Å². The number of amides is 1. The second kappa shape index (κ2) is 6.71. The second-order valence-electron chi connectivity index (χ2n) is 5.71. The summed E-state index contributed by atoms with van der Waals surface area (Å²) in [4.78, 5) is 14.0. The van der Waals surface area contributed by atoms with Crippen LogP contribution >= 0.6 is 0 Å². The average Bonchev–Trinajstić information content (AvgIpc) is 3.20. The molecule has 1 aromatic carbocycles. The van der Waals surface area contributed by atoms with Crippen LogP contribution in [-0.2, 0) is 11.2 Å². The zero-order valence-corrected chi connectivity index (χ0v) is 13.0. The van der Waals surface area contributed by atoms with Crippen LogP contribution in [-0.4, -0.2) is 31.2 Å². The highest BCUT2D eigenvalue weighted by Gasteiger charge is 2.17. The van der Waals surface area contributed by atoms with E-state index >= 15 is 0 Å². The molecule has 0 saturated heterocycles. The highest BCUT2D eigenvalue weighted by Crippen LogP contribution is 2.29. The number of nitrogens with zero attached hydrogens (tertiary/aromatic N) is 1. The van der Waals surface area contributed by atoms with Crippen molar-refractivity contribution < 1.29 is 14.3 Å². The number of hydrogen-bond acceptors (Lipinski definition) is 4. The molecule has 2 aromatic rings. The molecule has 0 spiro atoms. The third kappa shape index (κ3) is 3.63. The molecule has 0 bridgehead atoms. The van der Waals surface area contributed by atoms with E-state index in [1.807, 2.05) is 18.2 Å². The number of likely N-dealkylation sites (N-methyl/N-ethyl adjacent to an activating group) is 1. The lowest BCUT2D eigenvalue weighted by molar-refractivity contribution is -0.116. The predicted molar refractivity (Wildman–Crippen MR) is 89.1 cm³/mol. The van der Waals surface area contributed by atoms with Gasteiger partial charge >= 0.3 is 0 Å². The summed E-state index contributed by atoms with van der Waals surface area (Å²) in [6, 6.07) is 7.73. The first-order chi connectivity index (χ1) is 11.1. The highest BCUT2D eigenvalue weighted by atomic mass is 16.3. The van der Waals surface area contributed by atoms with Crippen LogP contribution in [0.2, 0.25) is 0 Å². The minimum absolute atomic E-state index is 0.184. The summed E-state index contributed by atoms with van der Waals surface area (Å²) in [6.45, 7) is 1.19. The number of aliphatic hydroxyl groups excluding tert-OH is 1. The maximum absolute atomic E-state index is 11.8. The third-order valence-corrected chi connectivity index (χ3v) is 4.06. The number of carbonyl (C=O) groups excluding carboxylic acids is 1. The Morgan fingerprint density at radius 3 is 3.13 bits per heavy atom. The Labute approximate surface area is 135 Å². The van der Waals surface area contributed by atoms with E-state index in [-0.39, 0.29) is 12.5 Å². The Kier molecular flexibility index (Phi) is 4.48. The fourth-order valence-electron chi connectivity index (χ4n) is 2.71. The molecular weight excluding hydrogens is 292 g/mol. The van der Waals surface area contributed by atoms with Gasteiger partial charge in [0.2, 0.25) is 5.91 Å². The van der Waals surface area contributed by atoms with Crippen molar-refractivity contribution in [1.82, 2.24) is 5.32 Å². The van der Waals surface area contributed by atoms with Crippen LogP contribution in [0.5, 0.6) is 0 Å². The molecule has 1 amide bonds. The largest absolute Gasteiger partial charge is 0.472 e. The van der Waals surface area contributed by atoms with E-state index < -0.39 is 6.10 Å². The molecule has 1 aliphatic rings. The van der Waals surface area contributed by atoms with Gasteiger partial charge in [-0.15, -0.1) is 0 Å².